The van der Waals surface area contributed by atoms with Crippen LogP contribution in [0.15, 0.2) is 87.7 Å². The highest BCUT2D eigenvalue weighted by atomic mass is 35.5. The van der Waals surface area contributed by atoms with Crippen LogP contribution in [0.1, 0.15) is 18.5 Å². The van der Waals surface area contributed by atoms with Crippen molar-refractivity contribution < 1.29 is 9.21 Å². The Bertz CT molecular complexity index is 1770. The molecule has 194 valence electrons. The molecule has 13 heteroatoms. The molecular formula is C26H18Cl2N8O2S. The lowest BCUT2D eigenvalue weighted by Crippen LogP contribution is -2.37. The van der Waals surface area contributed by atoms with Gasteiger partial charge < -0.3 is 9.73 Å². The van der Waals surface area contributed by atoms with Crippen LogP contribution in [0, 0.1) is 0 Å². The molecule has 1 atom stereocenters. The highest BCUT2D eigenvalue weighted by Crippen LogP contribution is 2.36. The van der Waals surface area contributed by atoms with Crippen molar-refractivity contribution in [1.29, 1.82) is 0 Å². The first-order chi connectivity index (χ1) is 18.9. The van der Waals surface area contributed by atoms with Crippen molar-refractivity contribution >= 4 is 68.7 Å². The van der Waals surface area contributed by atoms with E-state index in [0.29, 0.717) is 54.1 Å². The Morgan fingerprint density at radius 1 is 1.10 bits per heavy atom. The van der Waals surface area contributed by atoms with E-state index < -0.39 is 11.9 Å². The number of nitrogens with zero attached hydrogens (tertiary/aromatic N) is 5. The van der Waals surface area contributed by atoms with E-state index in [2.05, 4.69) is 36.1 Å². The van der Waals surface area contributed by atoms with Crippen LogP contribution in [0.2, 0.25) is 10.0 Å². The summed E-state index contributed by atoms with van der Waals surface area (Å²) in [5.74, 6) is -0.0560. The van der Waals surface area contributed by atoms with E-state index in [9.17, 15) is 4.79 Å². The Morgan fingerprint density at radius 3 is 2.79 bits per heavy atom. The molecule has 2 aromatic carbocycles. The van der Waals surface area contributed by atoms with Gasteiger partial charge in [-0.25, -0.2) is 4.99 Å². The van der Waals surface area contributed by atoms with E-state index in [1.165, 1.54) is 11.3 Å². The van der Waals surface area contributed by atoms with E-state index >= 15 is 0 Å². The van der Waals surface area contributed by atoms with Gasteiger partial charge in [0.2, 0.25) is 11.1 Å². The predicted molar refractivity (Wildman–Crippen MR) is 152 cm³/mol. The van der Waals surface area contributed by atoms with Crippen molar-refractivity contribution in [2.75, 3.05) is 10.6 Å². The molecule has 10 nitrogen and oxygen atoms in total. The number of allylic oxidation sites excluding steroid dienone is 1. The molecule has 1 amide bonds. The molecule has 4 heterocycles. The Kier molecular flexibility index (Phi) is 6.69. The lowest BCUT2D eigenvalue weighted by molar-refractivity contribution is -0.113. The van der Waals surface area contributed by atoms with Crippen molar-refractivity contribution in [3.63, 3.8) is 0 Å². The summed E-state index contributed by atoms with van der Waals surface area (Å²) in [5.41, 5.74) is 3.56. The van der Waals surface area contributed by atoms with Gasteiger partial charge in [-0.2, -0.15) is 4.98 Å². The number of hydrogen-bond acceptors (Lipinski definition) is 10. The van der Waals surface area contributed by atoms with E-state index in [4.69, 9.17) is 32.6 Å². The van der Waals surface area contributed by atoms with Crippen LogP contribution in [0.4, 0.5) is 11.1 Å². The van der Waals surface area contributed by atoms with E-state index in [1.54, 1.807) is 43.6 Å². The number of benzene rings is 2. The summed E-state index contributed by atoms with van der Waals surface area (Å²) in [7, 11) is 0. The van der Waals surface area contributed by atoms with Gasteiger partial charge in [0.15, 0.2) is 10.6 Å². The molecule has 5 aromatic rings. The molecule has 1 unspecified atom stereocenters. The third-order valence-corrected chi connectivity index (χ3v) is 7.28. The first-order valence-electron chi connectivity index (χ1n) is 11.6. The Labute approximate surface area is 235 Å². The zero-order chi connectivity index (χ0) is 26.9. The number of fused-ring (bicyclic) bond motifs is 1. The maximum atomic E-state index is 13.6. The standard InChI is InChI=1S/C26H18Cl2N8O2S/c1-13-20(22(37)33-26-36-35-23(39-26)14-5-4-10-29-12-14)21(16-6-2-3-7-17(16)28)32-24(30-13)34-25-31-18-11-15(27)8-9-19(18)38-25/h2-12,21H,1H3,(H,33,36,37)(H2,30,31,32,34). The van der Waals surface area contributed by atoms with Gasteiger partial charge in [0.05, 0.1) is 5.57 Å². The monoisotopic (exact) mass is 576 g/mol. The van der Waals surface area contributed by atoms with Gasteiger partial charge in [-0.15, -0.1) is 10.2 Å². The summed E-state index contributed by atoms with van der Waals surface area (Å²) in [4.78, 5) is 26.9. The normalized spacial score (nSPS) is 15.2. The fourth-order valence-corrected chi connectivity index (χ4v) is 5.19. The van der Waals surface area contributed by atoms with Crippen molar-refractivity contribution in [2.24, 2.45) is 4.99 Å². The molecule has 0 fully saturated rings. The summed E-state index contributed by atoms with van der Waals surface area (Å²) >= 11 is 13.9. The Morgan fingerprint density at radius 2 is 1.97 bits per heavy atom. The molecule has 0 spiro atoms. The Hall–Kier alpha value is -4.32. The maximum Gasteiger partial charge on any atom is 0.302 e. The van der Waals surface area contributed by atoms with Crippen molar-refractivity contribution in [1.82, 2.24) is 25.5 Å². The molecule has 3 aromatic heterocycles. The first kappa shape index (κ1) is 25.0. The van der Waals surface area contributed by atoms with Gasteiger partial charge in [0.25, 0.3) is 5.91 Å². The van der Waals surface area contributed by atoms with Crippen molar-refractivity contribution in [3.8, 4) is 10.6 Å². The third kappa shape index (κ3) is 5.19. The zero-order valence-corrected chi connectivity index (χ0v) is 22.5. The molecule has 0 saturated carbocycles. The molecule has 6 rings (SSSR count). The number of oxazole rings is 1. The number of rotatable bonds is 5. The number of anilines is 2. The molecule has 1 aliphatic rings. The maximum absolute atomic E-state index is 13.6. The van der Waals surface area contributed by atoms with Crippen LogP contribution < -0.4 is 16.0 Å². The highest BCUT2D eigenvalue weighted by Gasteiger charge is 2.31. The summed E-state index contributed by atoms with van der Waals surface area (Å²) in [6, 6.07) is 15.6. The van der Waals surface area contributed by atoms with Crippen LogP contribution >= 0.6 is 34.5 Å². The summed E-state index contributed by atoms with van der Waals surface area (Å²) in [5, 5.41) is 19.3. The predicted octanol–water partition coefficient (Wildman–Crippen LogP) is 6.07. The number of pyridine rings is 1. The second kappa shape index (κ2) is 10.4. The number of aromatic nitrogens is 4. The minimum atomic E-state index is -0.730. The van der Waals surface area contributed by atoms with Crippen molar-refractivity contribution in [2.45, 2.75) is 13.0 Å². The van der Waals surface area contributed by atoms with Gasteiger partial charge in [-0.3, -0.25) is 20.4 Å². The van der Waals surface area contributed by atoms with Crippen molar-refractivity contribution in [3.05, 3.63) is 93.9 Å². The van der Waals surface area contributed by atoms with Gasteiger partial charge in [-0.1, -0.05) is 52.7 Å². The number of carbonyl (C=O) groups excluding carboxylic acids is 1. The van der Waals surface area contributed by atoms with Crippen LogP contribution in [0.3, 0.4) is 0 Å². The van der Waals surface area contributed by atoms with Crippen LogP contribution in [-0.4, -0.2) is 32.0 Å². The molecule has 1 aliphatic heterocycles. The summed E-state index contributed by atoms with van der Waals surface area (Å²) < 4.78 is 5.78. The van der Waals surface area contributed by atoms with E-state index in [0.717, 1.165) is 5.56 Å². The van der Waals surface area contributed by atoms with Gasteiger partial charge in [0, 0.05) is 39.3 Å². The molecule has 0 saturated heterocycles. The number of aliphatic imine (C=N–C) groups is 1. The number of amides is 1. The fourth-order valence-electron chi connectivity index (χ4n) is 4.06. The zero-order valence-electron chi connectivity index (χ0n) is 20.1. The number of carbonyl (C=O) groups is 1. The molecule has 0 radical (unpaired) electrons. The SMILES string of the molecule is CC1=C(C(=O)Nc2nnc(-c3cccnc3)s2)C(c2ccccc2Cl)N=C(Nc2nc3cc(Cl)ccc3o2)N1. The Balaban J connectivity index is 1.30. The molecule has 39 heavy (non-hydrogen) atoms. The first-order valence-corrected chi connectivity index (χ1v) is 13.2. The number of nitrogens with one attached hydrogen (secondary N) is 3. The molecular weight excluding hydrogens is 559 g/mol. The third-order valence-electron chi connectivity index (χ3n) is 5.81. The summed E-state index contributed by atoms with van der Waals surface area (Å²) in [6.45, 7) is 1.78. The number of halogens is 2. The molecule has 0 bridgehead atoms. The lowest BCUT2D eigenvalue weighted by Gasteiger charge is -2.26. The van der Waals surface area contributed by atoms with Crippen LogP contribution in [0.25, 0.3) is 21.7 Å². The van der Waals surface area contributed by atoms with Gasteiger partial charge >= 0.3 is 6.01 Å². The average molecular weight is 577 g/mol. The average Bonchev–Trinajstić information content (AvgIpc) is 3.55. The quantitative estimate of drug-likeness (QED) is 0.229. The fraction of sp³-hybridized carbons (Fsp3) is 0.0769. The second-order valence-corrected chi connectivity index (χ2v) is 10.3. The largest absolute Gasteiger partial charge is 0.423 e. The van der Waals surface area contributed by atoms with E-state index in [1.807, 2.05) is 30.3 Å². The number of hydrogen-bond donors (Lipinski definition) is 3. The molecule has 0 aliphatic carbocycles. The minimum Gasteiger partial charge on any atom is -0.423 e. The topological polar surface area (TPSA) is 130 Å². The second-order valence-electron chi connectivity index (χ2n) is 8.43. The van der Waals surface area contributed by atoms with E-state index in [-0.39, 0.29) is 6.01 Å². The van der Waals surface area contributed by atoms with Crippen LogP contribution in [0.5, 0.6) is 0 Å². The smallest absolute Gasteiger partial charge is 0.302 e. The number of guanidine groups is 1. The van der Waals surface area contributed by atoms with Gasteiger partial charge in [-0.05, 0) is 43.3 Å². The minimum absolute atomic E-state index is 0.217. The lowest BCUT2D eigenvalue weighted by atomic mass is 9.95. The van der Waals surface area contributed by atoms with Gasteiger partial charge in [0.1, 0.15) is 11.6 Å². The summed E-state index contributed by atoms with van der Waals surface area (Å²) in [6.07, 6.45) is 3.36. The van der Waals surface area contributed by atoms with Crippen LogP contribution in [-0.2, 0) is 4.79 Å². The molecule has 3 N–H and O–H groups in total. The highest BCUT2D eigenvalue weighted by molar-refractivity contribution is 7.18.